The molecule has 0 radical (unpaired) electrons. The third kappa shape index (κ3) is 5.77. The molecule has 0 amide bonds. The van der Waals surface area contributed by atoms with Gasteiger partial charge >= 0.3 is 6.16 Å². The number of ether oxygens (including phenoxy) is 1. The predicted octanol–water partition coefficient (Wildman–Crippen LogP) is 5.48. The van der Waals surface area contributed by atoms with Gasteiger partial charge in [0.05, 0.1) is 0 Å². The van der Waals surface area contributed by atoms with Crippen molar-refractivity contribution in [2.75, 3.05) is 0 Å². The Morgan fingerprint density at radius 1 is 1.00 bits per heavy atom. The molecule has 1 rings (SSSR count). The second kappa shape index (κ2) is 10.1. The number of hydrogen-bond donors (Lipinski definition) is 2. The lowest BCUT2D eigenvalue weighted by Crippen LogP contribution is -2.08. The number of rotatable bonds is 10. The maximum Gasteiger partial charge on any atom is 0.511 e. The van der Waals surface area contributed by atoms with Gasteiger partial charge in [0.25, 0.3) is 0 Å². The molecule has 0 saturated carbocycles. The van der Waals surface area contributed by atoms with Gasteiger partial charge in [0, 0.05) is 5.56 Å². The first-order chi connectivity index (χ1) is 11.0. The molecular weight excluding hydrogens is 292 g/mol. The molecule has 130 valence electrons. The Morgan fingerprint density at radius 3 is 2.13 bits per heavy atom. The lowest BCUT2D eigenvalue weighted by atomic mass is 9.90. The first-order valence-corrected chi connectivity index (χ1v) is 8.82. The van der Waals surface area contributed by atoms with E-state index in [0.29, 0.717) is 6.42 Å². The standard InChI is InChI=1S/C19H30O4/c1-4-7-9-11-14-13-17(23-19(21)22)18(20)15(6-3)16(14)12-10-8-5-2/h13,20H,4-12H2,1-3H3,(H,21,22). The summed E-state index contributed by atoms with van der Waals surface area (Å²) in [6.07, 6.45) is 7.86. The Kier molecular flexibility index (Phi) is 8.52. The molecule has 23 heavy (non-hydrogen) atoms. The summed E-state index contributed by atoms with van der Waals surface area (Å²) in [6.45, 7) is 6.32. The predicted molar refractivity (Wildman–Crippen MR) is 92.6 cm³/mol. The van der Waals surface area contributed by atoms with Gasteiger partial charge in [-0.2, -0.15) is 0 Å². The number of aryl methyl sites for hydroxylation is 1. The van der Waals surface area contributed by atoms with Crippen molar-refractivity contribution in [2.24, 2.45) is 0 Å². The van der Waals surface area contributed by atoms with Crippen LogP contribution in [0.1, 0.15) is 76.0 Å². The summed E-state index contributed by atoms with van der Waals surface area (Å²) in [5, 5.41) is 19.3. The molecular formula is C19H30O4. The molecule has 0 aliphatic carbocycles. The molecule has 0 unspecified atom stereocenters. The number of phenols is 1. The number of benzene rings is 1. The van der Waals surface area contributed by atoms with Crippen LogP contribution in [0.5, 0.6) is 11.5 Å². The van der Waals surface area contributed by atoms with Crippen LogP contribution in [0.25, 0.3) is 0 Å². The summed E-state index contributed by atoms with van der Waals surface area (Å²) in [5.74, 6) is 0.0562. The maximum absolute atomic E-state index is 10.9. The largest absolute Gasteiger partial charge is 0.511 e. The first-order valence-electron chi connectivity index (χ1n) is 8.82. The smallest absolute Gasteiger partial charge is 0.504 e. The van der Waals surface area contributed by atoms with Gasteiger partial charge in [-0.15, -0.1) is 0 Å². The average molecular weight is 322 g/mol. The topological polar surface area (TPSA) is 66.8 Å². The summed E-state index contributed by atoms with van der Waals surface area (Å²) >= 11 is 0. The Balaban J connectivity index is 3.19. The fourth-order valence-corrected chi connectivity index (χ4v) is 3.00. The normalized spacial score (nSPS) is 10.7. The maximum atomic E-state index is 10.9. The Hall–Kier alpha value is -1.71. The van der Waals surface area contributed by atoms with Gasteiger partial charge in [-0.05, 0) is 49.3 Å². The van der Waals surface area contributed by atoms with E-state index in [-0.39, 0.29) is 11.5 Å². The van der Waals surface area contributed by atoms with Gasteiger partial charge in [0.2, 0.25) is 0 Å². The van der Waals surface area contributed by atoms with Crippen molar-refractivity contribution in [2.45, 2.75) is 78.6 Å². The van der Waals surface area contributed by atoms with Gasteiger partial charge in [-0.3, -0.25) is 0 Å². The first kappa shape index (κ1) is 19.3. The monoisotopic (exact) mass is 322 g/mol. The molecule has 0 aliphatic rings. The number of hydrogen-bond acceptors (Lipinski definition) is 3. The van der Waals surface area contributed by atoms with E-state index < -0.39 is 6.16 Å². The number of aromatic hydroxyl groups is 1. The van der Waals surface area contributed by atoms with Gasteiger partial charge in [0.15, 0.2) is 11.5 Å². The van der Waals surface area contributed by atoms with Gasteiger partial charge < -0.3 is 14.9 Å². The molecule has 0 bridgehead atoms. The van der Waals surface area contributed by atoms with Crippen molar-refractivity contribution in [3.8, 4) is 11.5 Å². The second-order valence-electron chi connectivity index (χ2n) is 5.98. The SMILES string of the molecule is CCCCCc1cc(OC(=O)O)c(O)c(CC)c1CCCCC. The van der Waals surface area contributed by atoms with E-state index in [1.54, 1.807) is 6.07 Å². The van der Waals surface area contributed by atoms with Crippen molar-refractivity contribution in [3.05, 3.63) is 22.8 Å². The molecule has 0 aromatic heterocycles. The zero-order chi connectivity index (χ0) is 17.2. The van der Waals surface area contributed by atoms with Crippen LogP contribution < -0.4 is 4.74 Å². The van der Waals surface area contributed by atoms with E-state index in [4.69, 9.17) is 9.84 Å². The molecule has 2 N–H and O–H groups in total. The average Bonchev–Trinajstić information content (AvgIpc) is 2.51. The molecule has 4 heteroatoms. The van der Waals surface area contributed by atoms with Crippen molar-refractivity contribution >= 4 is 6.16 Å². The fourth-order valence-electron chi connectivity index (χ4n) is 3.00. The Morgan fingerprint density at radius 2 is 1.61 bits per heavy atom. The van der Waals surface area contributed by atoms with Crippen molar-refractivity contribution < 1.29 is 19.7 Å². The minimum atomic E-state index is -1.39. The molecule has 0 spiro atoms. The Labute approximate surface area is 139 Å². The molecule has 0 aliphatic heterocycles. The van der Waals surface area contributed by atoms with Crippen LogP contribution in [-0.4, -0.2) is 16.4 Å². The molecule has 4 nitrogen and oxygen atoms in total. The summed E-state index contributed by atoms with van der Waals surface area (Å²) < 4.78 is 4.78. The zero-order valence-electron chi connectivity index (χ0n) is 14.7. The van der Waals surface area contributed by atoms with E-state index in [1.807, 2.05) is 6.92 Å². The highest BCUT2D eigenvalue weighted by Crippen LogP contribution is 2.37. The van der Waals surface area contributed by atoms with Crippen molar-refractivity contribution in [1.29, 1.82) is 0 Å². The van der Waals surface area contributed by atoms with E-state index >= 15 is 0 Å². The quantitative estimate of drug-likeness (QED) is 0.340. The fraction of sp³-hybridized carbons (Fsp3) is 0.632. The zero-order valence-corrected chi connectivity index (χ0v) is 14.7. The van der Waals surface area contributed by atoms with Crippen LogP contribution in [0.4, 0.5) is 4.79 Å². The van der Waals surface area contributed by atoms with Gasteiger partial charge in [-0.1, -0.05) is 46.5 Å². The summed E-state index contributed by atoms with van der Waals surface area (Å²) in [7, 11) is 0. The van der Waals surface area contributed by atoms with Crippen LogP contribution >= 0.6 is 0 Å². The molecule has 0 fully saturated rings. The van der Waals surface area contributed by atoms with Crippen molar-refractivity contribution in [1.82, 2.24) is 0 Å². The molecule has 0 heterocycles. The molecule has 1 aromatic carbocycles. The van der Waals surface area contributed by atoms with Crippen LogP contribution in [0, 0.1) is 0 Å². The minimum Gasteiger partial charge on any atom is -0.504 e. The van der Waals surface area contributed by atoms with E-state index in [0.717, 1.165) is 62.5 Å². The van der Waals surface area contributed by atoms with Crippen molar-refractivity contribution in [3.63, 3.8) is 0 Å². The van der Waals surface area contributed by atoms with E-state index in [1.165, 1.54) is 5.56 Å². The lowest BCUT2D eigenvalue weighted by Gasteiger charge is -2.18. The molecule has 0 saturated heterocycles. The van der Waals surface area contributed by atoms with E-state index in [2.05, 4.69) is 13.8 Å². The lowest BCUT2D eigenvalue weighted by molar-refractivity contribution is 0.142. The highest BCUT2D eigenvalue weighted by molar-refractivity contribution is 5.65. The van der Waals surface area contributed by atoms with Crippen LogP contribution in [0.3, 0.4) is 0 Å². The molecule has 1 aromatic rings. The number of carbonyl (C=O) groups is 1. The highest BCUT2D eigenvalue weighted by Gasteiger charge is 2.18. The second-order valence-corrected chi connectivity index (χ2v) is 5.98. The van der Waals surface area contributed by atoms with Crippen LogP contribution in [-0.2, 0) is 19.3 Å². The highest BCUT2D eigenvalue weighted by atomic mass is 16.7. The van der Waals surface area contributed by atoms with E-state index in [9.17, 15) is 9.90 Å². The third-order valence-corrected chi connectivity index (χ3v) is 4.21. The van der Waals surface area contributed by atoms with Crippen LogP contribution in [0.2, 0.25) is 0 Å². The van der Waals surface area contributed by atoms with Gasteiger partial charge in [-0.25, -0.2) is 4.79 Å². The van der Waals surface area contributed by atoms with Gasteiger partial charge in [0.1, 0.15) is 0 Å². The number of carboxylic acid groups (broad SMARTS) is 1. The Bertz CT molecular complexity index is 509. The summed E-state index contributed by atoms with van der Waals surface area (Å²) in [5.41, 5.74) is 3.15. The van der Waals surface area contributed by atoms with Crippen LogP contribution in [0.15, 0.2) is 6.07 Å². The summed E-state index contributed by atoms with van der Waals surface area (Å²) in [4.78, 5) is 10.9. The number of phenolic OH excluding ortho intramolecular Hbond substituents is 1. The number of unbranched alkanes of at least 4 members (excludes halogenated alkanes) is 4. The minimum absolute atomic E-state index is 0.0133. The third-order valence-electron chi connectivity index (χ3n) is 4.21. The molecule has 0 atom stereocenters. The summed E-state index contributed by atoms with van der Waals surface area (Å²) in [6, 6.07) is 1.72.